The van der Waals surface area contributed by atoms with E-state index in [4.69, 9.17) is 27.9 Å². The number of rotatable bonds is 4. The van der Waals surface area contributed by atoms with Crippen LogP contribution in [0.5, 0.6) is 5.75 Å². The van der Waals surface area contributed by atoms with E-state index >= 15 is 0 Å². The predicted molar refractivity (Wildman–Crippen MR) is 79.8 cm³/mol. The van der Waals surface area contributed by atoms with E-state index in [9.17, 15) is 4.39 Å². The lowest BCUT2D eigenvalue weighted by atomic mass is 10.2. The first-order valence-electron chi connectivity index (χ1n) is 5.52. The average molecular weight is 364 g/mol. The summed E-state index contributed by atoms with van der Waals surface area (Å²) in [6, 6.07) is 9.98. The highest BCUT2D eigenvalue weighted by Gasteiger charge is 2.11. The summed E-state index contributed by atoms with van der Waals surface area (Å²) in [6.07, 6.45) is 0. The third kappa shape index (κ3) is 3.41. The average Bonchev–Trinajstić information content (AvgIpc) is 2.39. The van der Waals surface area contributed by atoms with E-state index < -0.39 is 0 Å². The minimum Gasteiger partial charge on any atom is -0.487 e. The lowest BCUT2D eigenvalue weighted by Gasteiger charge is -2.13. The molecule has 100 valence electrons. The Morgan fingerprint density at radius 1 is 1.05 bits per heavy atom. The number of alkyl halides is 1. The molecule has 0 aliphatic rings. The van der Waals surface area contributed by atoms with Crippen molar-refractivity contribution in [2.45, 2.75) is 11.9 Å². The van der Waals surface area contributed by atoms with Gasteiger partial charge in [-0.05, 0) is 18.2 Å². The predicted octanol–water partition coefficient (Wildman–Crippen LogP) is 5.61. The Morgan fingerprint density at radius 3 is 2.42 bits per heavy atom. The number of halogens is 4. The highest BCUT2D eigenvalue weighted by atomic mass is 79.9. The molecule has 0 saturated carbocycles. The molecular weight excluding hydrogens is 354 g/mol. The van der Waals surface area contributed by atoms with Crippen molar-refractivity contribution in [1.29, 1.82) is 0 Å². The summed E-state index contributed by atoms with van der Waals surface area (Å²) >= 11 is 15.4. The van der Waals surface area contributed by atoms with Crippen LogP contribution in [0, 0.1) is 5.82 Å². The minimum absolute atomic E-state index is 0.0369. The molecule has 2 aromatic rings. The molecule has 0 amide bonds. The van der Waals surface area contributed by atoms with Crippen LogP contribution in [-0.4, -0.2) is 0 Å². The second-order valence-electron chi connectivity index (χ2n) is 3.85. The molecule has 0 saturated heterocycles. The molecule has 0 spiro atoms. The van der Waals surface area contributed by atoms with E-state index in [-0.39, 0.29) is 12.4 Å². The first kappa shape index (κ1) is 14.6. The second-order valence-corrected chi connectivity index (χ2v) is 5.23. The molecule has 19 heavy (non-hydrogen) atoms. The van der Waals surface area contributed by atoms with Crippen molar-refractivity contribution in [2.24, 2.45) is 0 Å². The fourth-order valence-electron chi connectivity index (χ4n) is 1.63. The first-order valence-corrected chi connectivity index (χ1v) is 7.40. The molecule has 2 rings (SSSR count). The normalized spacial score (nSPS) is 10.5. The lowest BCUT2D eigenvalue weighted by molar-refractivity contribution is 0.298. The van der Waals surface area contributed by atoms with Gasteiger partial charge in [0.15, 0.2) is 0 Å². The molecule has 0 atom stereocenters. The van der Waals surface area contributed by atoms with Crippen molar-refractivity contribution in [3.8, 4) is 5.75 Å². The first-order chi connectivity index (χ1) is 9.13. The molecule has 0 aliphatic heterocycles. The quantitative estimate of drug-likeness (QED) is 0.642. The van der Waals surface area contributed by atoms with Crippen LogP contribution in [0.3, 0.4) is 0 Å². The molecule has 0 aromatic heterocycles. The van der Waals surface area contributed by atoms with E-state index in [1.165, 1.54) is 6.07 Å². The van der Waals surface area contributed by atoms with Gasteiger partial charge in [0.05, 0.1) is 10.0 Å². The Bertz CT molecular complexity index is 569. The summed E-state index contributed by atoms with van der Waals surface area (Å²) in [5.74, 6) is 0.153. The molecule has 0 unspecified atom stereocenters. The van der Waals surface area contributed by atoms with E-state index in [1.807, 2.05) is 12.1 Å². The maximum absolute atomic E-state index is 13.6. The van der Waals surface area contributed by atoms with Gasteiger partial charge in [-0.25, -0.2) is 4.39 Å². The van der Waals surface area contributed by atoms with Crippen molar-refractivity contribution in [2.75, 3.05) is 0 Å². The Morgan fingerprint density at radius 2 is 1.74 bits per heavy atom. The second kappa shape index (κ2) is 6.60. The van der Waals surface area contributed by atoms with E-state index in [2.05, 4.69) is 15.9 Å². The van der Waals surface area contributed by atoms with E-state index in [0.717, 1.165) is 5.56 Å². The summed E-state index contributed by atoms with van der Waals surface area (Å²) in [4.78, 5) is 0. The molecule has 0 N–H and O–H groups in total. The Hall–Kier alpha value is -0.770. The largest absolute Gasteiger partial charge is 0.487 e. The van der Waals surface area contributed by atoms with Crippen LogP contribution in [0.25, 0.3) is 0 Å². The summed E-state index contributed by atoms with van der Waals surface area (Å²) in [5, 5.41) is 1.44. The van der Waals surface area contributed by atoms with Crippen molar-refractivity contribution in [1.82, 2.24) is 0 Å². The monoisotopic (exact) mass is 362 g/mol. The third-order valence-electron chi connectivity index (χ3n) is 2.62. The van der Waals surface area contributed by atoms with Crippen molar-refractivity contribution < 1.29 is 9.13 Å². The van der Waals surface area contributed by atoms with E-state index in [1.54, 1.807) is 18.2 Å². The van der Waals surface area contributed by atoms with Crippen molar-refractivity contribution in [3.63, 3.8) is 0 Å². The van der Waals surface area contributed by atoms with Crippen molar-refractivity contribution in [3.05, 3.63) is 63.4 Å². The van der Waals surface area contributed by atoms with Gasteiger partial charge < -0.3 is 4.74 Å². The molecular formula is C14H10BrCl2FO. The Labute approximate surface area is 129 Å². The van der Waals surface area contributed by atoms with Gasteiger partial charge in [0.2, 0.25) is 0 Å². The van der Waals surface area contributed by atoms with Gasteiger partial charge in [-0.2, -0.15) is 0 Å². The number of hydrogen-bond acceptors (Lipinski definition) is 1. The number of ether oxygens (including phenoxy) is 1. The van der Waals surface area contributed by atoms with Crippen LogP contribution in [0.4, 0.5) is 4.39 Å². The molecule has 1 nitrogen and oxygen atoms in total. The van der Waals surface area contributed by atoms with Gasteiger partial charge in [-0.1, -0.05) is 57.3 Å². The van der Waals surface area contributed by atoms with Crippen LogP contribution in [0.2, 0.25) is 10.0 Å². The lowest BCUT2D eigenvalue weighted by Crippen LogP contribution is -2.01. The smallest absolute Gasteiger partial charge is 0.142 e. The number of hydrogen-bond donors (Lipinski definition) is 0. The number of para-hydroxylation sites is 1. The Balaban J connectivity index is 2.24. The maximum atomic E-state index is 13.6. The molecule has 0 fully saturated rings. The summed E-state index contributed by atoms with van der Waals surface area (Å²) in [6.45, 7) is 0.0369. The molecule has 5 heteroatoms. The van der Waals surface area contributed by atoms with Gasteiger partial charge >= 0.3 is 0 Å². The van der Waals surface area contributed by atoms with Crippen LogP contribution in [0.1, 0.15) is 11.1 Å². The fourth-order valence-corrected chi connectivity index (χ4v) is 2.54. The standard InChI is InChI=1S/C14H10BrCl2FO/c15-7-9-3-1-5-12(17)14(9)19-8-10-11(16)4-2-6-13(10)18/h1-6H,7-8H2. The highest BCUT2D eigenvalue weighted by Crippen LogP contribution is 2.31. The topological polar surface area (TPSA) is 9.23 Å². The van der Waals surface area contributed by atoms with Gasteiger partial charge in [-0.3, -0.25) is 0 Å². The fraction of sp³-hybridized carbons (Fsp3) is 0.143. The third-order valence-corrected chi connectivity index (χ3v) is 3.87. The van der Waals surface area contributed by atoms with Crippen LogP contribution < -0.4 is 4.74 Å². The van der Waals surface area contributed by atoms with Gasteiger partial charge in [-0.15, -0.1) is 0 Å². The van der Waals surface area contributed by atoms with Gasteiger partial charge in [0.25, 0.3) is 0 Å². The zero-order valence-electron chi connectivity index (χ0n) is 9.80. The zero-order valence-corrected chi connectivity index (χ0v) is 12.9. The Kier molecular flexibility index (Phi) is 5.08. The summed E-state index contributed by atoms with van der Waals surface area (Å²) in [5.41, 5.74) is 1.23. The molecule has 0 heterocycles. The van der Waals surface area contributed by atoms with Crippen molar-refractivity contribution >= 4 is 39.1 Å². The SMILES string of the molecule is Fc1cccc(Cl)c1COc1c(Cl)cccc1CBr. The van der Waals surface area contributed by atoms with Crippen LogP contribution >= 0.6 is 39.1 Å². The summed E-state index contributed by atoms with van der Waals surface area (Å²) < 4.78 is 19.2. The van der Waals surface area contributed by atoms with Gasteiger partial charge in [0.1, 0.15) is 18.2 Å². The highest BCUT2D eigenvalue weighted by molar-refractivity contribution is 9.08. The van der Waals surface area contributed by atoms with Crippen LogP contribution in [0.15, 0.2) is 36.4 Å². The molecule has 0 radical (unpaired) electrons. The van der Waals surface area contributed by atoms with Gasteiger partial charge in [0, 0.05) is 16.5 Å². The maximum Gasteiger partial charge on any atom is 0.142 e. The number of benzene rings is 2. The van der Waals surface area contributed by atoms with Crippen LogP contribution in [-0.2, 0) is 11.9 Å². The molecule has 0 bridgehead atoms. The zero-order chi connectivity index (χ0) is 13.8. The van der Waals surface area contributed by atoms with E-state index in [0.29, 0.717) is 26.7 Å². The molecule has 2 aromatic carbocycles. The summed E-state index contributed by atoms with van der Waals surface area (Å²) in [7, 11) is 0. The minimum atomic E-state index is -0.389. The molecule has 0 aliphatic carbocycles.